The molecule has 0 aliphatic carbocycles. The van der Waals surface area contributed by atoms with Crippen LogP contribution in [0, 0.1) is 0 Å². The SMILES string of the molecule is CC(C)c1ccc2c(c1)CC(c1cccc(C(=O)S)c1)CO2. The number of fused-ring (bicyclic) bond motifs is 1. The lowest BCUT2D eigenvalue weighted by atomic mass is 9.88. The monoisotopic (exact) mass is 312 g/mol. The van der Waals surface area contributed by atoms with E-state index in [1.165, 1.54) is 11.1 Å². The predicted octanol–water partition coefficient (Wildman–Crippen LogP) is 4.60. The smallest absolute Gasteiger partial charge is 0.216 e. The zero-order valence-corrected chi connectivity index (χ0v) is 13.8. The van der Waals surface area contributed by atoms with Crippen LogP contribution in [-0.2, 0) is 6.42 Å². The largest absolute Gasteiger partial charge is 0.493 e. The van der Waals surface area contributed by atoms with E-state index in [9.17, 15) is 4.79 Å². The fourth-order valence-electron chi connectivity index (χ4n) is 2.91. The predicted molar refractivity (Wildman–Crippen MR) is 92.2 cm³/mol. The van der Waals surface area contributed by atoms with Gasteiger partial charge in [-0.25, -0.2) is 0 Å². The van der Waals surface area contributed by atoms with Crippen LogP contribution >= 0.6 is 12.6 Å². The highest BCUT2D eigenvalue weighted by atomic mass is 32.1. The first kappa shape index (κ1) is 15.2. The molecule has 0 saturated carbocycles. The van der Waals surface area contributed by atoms with Gasteiger partial charge in [-0.1, -0.05) is 44.2 Å². The average molecular weight is 312 g/mol. The Kier molecular flexibility index (Phi) is 4.25. The van der Waals surface area contributed by atoms with Gasteiger partial charge in [0.05, 0.1) is 6.61 Å². The molecule has 1 heterocycles. The number of benzene rings is 2. The van der Waals surface area contributed by atoms with E-state index in [1.54, 1.807) is 6.07 Å². The summed E-state index contributed by atoms with van der Waals surface area (Å²) in [5, 5.41) is -0.193. The molecule has 1 aliphatic rings. The Bertz CT molecular complexity index is 706. The lowest BCUT2D eigenvalue weighted by Gasteiger charge is -2.26. The maximum Gasteiger partial charge on any atom is 0.216 e. The van der Waals surface area contributed by atoms with Gasteiger partial charge in [0.1, 0.15) is 5.75 Å². The van der Waals surface area contributed by atoms with Gasteiger partial charge in [-0.15, -0.1) is 12.6 Å². The zero-order chi connectivity index (χ0) is 15.7. The minimum Gasteiger partial charge on any atom is -0.493 e. The third kappa shape index (κ3) is 3.05. The van der Waals surface area contributed by atoms with Crippen LogP contribution in [0.5, 0.6) is 5.75 Å². The van der Waals surface area contributed by atoms with Crippen molar-refractivity contribution in [3.8, 4) is 5.75 Å². The molecule has 0 spiro atoms. The van der Waals surface area contributed by atoms with E-state index in [4.69, 9.17) is 4.74 Å². The van der Waals surface area contributed by atoms with E-state index in [-0.39, 0.29) is 11.0 Å². The number of carbonyl (C=O) groups excluding carboxylic acids is 1. The molecule has 2 nitrogen and oxygen atoms in total. The third-order valence-electron chi connectivity index (χ3n) is 4.26. The summed E-state index contributed by atoms with van der Waals surface area (Å²) in [6, 6.07) is 14.2. The van der Waals surface area contributed by atoms with Gasteiger partial charge in [0, 0.05) is 11.5 Å². The highest BCUT2D eigenvalue weighted by molar-refractivity contribution is 7.97. The van der Waals surface area contributed by atoms with Gasteiger partial charge in [0.25, 0.3) is 0 Å². The maximum absolute atomic E-state index is 11.4. The van der Waals surface area contributed by atoms with E-state index in [0.717, 1.165) is 17.7 Å². The number of hydrogen-bond acceptors (Lipinski definition) is 2. The second kappa shape index (κ2) is 6.17. The van der Waals surface area contributed by atoms with Crippen LogP contribution in [0.3, 0.4) is 0 Å². The highest BCUT2D eigenvalue weighted by Crippen LogP contribution is 2.34. The lowest BCUT2D eigenvalue weighted by molar-refractivity contribution is 0.109. The topological polar surface area (TPSA) is 26.3 Å². The lowest BCUT2D eigenvalue weighted by Crippen LogP contribution is -2.19. The molecule has 0 N–H and O–H groups in total. The molecule has 114 valence electrons. The summed E-state index contributed by atoms with van der Waals surface area (Å²) >= 11 is 3.91. The van der Waals surface area contributed by atoms with Crippen molar-refractivity contribution in [3.05, 3.63) is 64.7 Å². The molecule has 1 atom stereocenters. The van der Waals surface area contributed by atoms with Crippen molar-refractivity contribution in [2.45, 2.75) is 32.1 Å². The third-order valence-corrected chi connectivity index (χ3v) is 4.52. The molecule has 3 heteroatoms. The first-order valence-corrected chi connectivity index (χ1v) is 8.08. The van der Waals surface area contributed by atoms with Gasteiger partial charge in [0.15, 0.2) is 0 Å². The minimum atomic E-state index is -0.193. The van der Waals surface area contributed by atoms with E-state index >= 15 is 0 Å². The number of ether oxygens (including phenoxy) is 1. The molecule has 2 aromatic rings. The standard InChI is InChI=1S/C19H20O2S/c1-12(2)13-6-7-18-16(8-13)10-17(11-21-18)14-4-3-5-15(9-14)19(20)22/h3-9,12,17H,10-11H2,1-2H3,(H,20,22). The molecular weight excluding hydrogens is 292 g/mol. The molecule has 3 rings (SSSR count). The highest BCUT2D eigenvalue weighted by Gasteiger charge is 2.22. The fraction of sp³-hybridized carbons (Fsp3) is 0.316. The number of carbonyl (C=O) groups is 1. The van der Waals surface area contributed by atoms with Crippen molar-refractivity contribution in [3.63, 3.8) is 0 Å². The quantitative estimate of drug-likeness (QED) is 0.838. The van der Waals surface area contributed by atoms with Crippen molar-refractivity contribution >= 4 is 17.7 Å². The summed E-state index contributed by atoms with van der Waals surface area (Å²) in [5.41, 5.74) is 4.37. The van der Waals surface area contributed by atoms with Gasteiger partial charge in [0.2, 0.25) is 5.12 Å². The number of rotatable bonds is 3. The normalized spacial score (nSPS) is 17.0. The van der Waals surface area contributed by atoms with Crippen molar-refractivity contribution in [2.75, 3.05) is 6.61 Å². The van der Waals surface area contributed by atoms with Crippen LogP contribution in [0.4, 0.5) is 0 Å². The molecule has 0 fully saturated rings. The number of thiol groups is 1. The van der Waals surface area contributed by atoms with Crippen LogP contribution < -0.4 is 4.74 Å². The molecule has 1 unspecified atom stereocenters. The van der Waals surface area contributed by atoms with Gasteiger partial charge < -0.3 is 4.74 Å². The van der Waals surface area contributed by atoms with Crippen LogP contribution in [0.2, 0.25) is 0 Å². The molecule has 0 bridgehead atoms. The zero-order valence-electron chi connectivity index (χ0n) is 12.9. The molecule has 0 amide bonds. The first-order chi connectivity index (χ1) is 10.5. The maximum atomic E-state index is 11.4. The van der Waals surface area contributed by atoms with Crippen molar-refractivity contribution < 1.29 is 9.53 Å². The van der Waals surface area contributed by atoms with E-state index in [0.29, 0.717) is 18.1 Å². The molecule has 0 radical (unpaired) electrons. The Morgan fingerprint density at radius 2 is 2.05 bits per heavy atom. The summed E-state index contributed by atoms with van der Waals surface area (Å²) in [4.78, 5) is 11.4. The van der Waals surface area contributed by atoms with Crippen LogP contribution in [-0.4, -0.2) is 11.7 Å². The Labute approximate surface area is 136 Å². The first-order valence-electron chi connectivity index (χ1n) is 7.63. The van der Waals surface area contributed by atoms with Crippen molar-refractivity contribution in [1.29, 1.82) is 0 Å². The van der Waals surface area contributed by atoms with Crippen LogP contribution in [0.15, 0.2) is 42.5 Å². The fourth-order valence-corrected chi connectivity index (χ4v) is 3.05. The van der Waals surface area contributed by atoms with E-state index in [2.05, 4.69) is 50.7 Å². The Hall–Kier alpha value is -1.74. The summed E-state index contributed by atoms with van der Waals surface area (Å²) in [6.07, 6.45) is 0.945. The van der Waals surface area contributed by atoms with Gasteiger partial charge in [-0.3, -0.25) is 4.79 Å². The summed E-state index contributed by atoms with van der Waals surface area (Å²) < 4.78 is 5.92. The Morgan fingerprint density at radius 3 is 2.77 bits per heavy atom. The van der Waals surface area contributed by atoms with E-state index in [1.807, 2.05) is 12.1 Å². The minimum absolute atomic E-state index is 0.193. The number of hydrogen-bond donors (Lipinski definition) is 1. The van der Waals surface area contributed by atoms with E-state index < -0.39 is 0 Å². The van der Waals surface area contributed by atoms with Crippen LogP contribution in [0.25, 0.3) is 0 Å². The molecule has 22 heavy (non-hydrogen) atoms. The molecule has 0 aromatic heterocycles. The average Bonchev–Trinajstić information content (AvgIpc) is 2.53. The van der Waals surface area contributed by atoms with Crippen molar-refractivity contribution in [2.24, 2.45) is 0 Å². The molecule has 0 saturated heterocycles. The summed E-state index contributed by atoms with van der Waals surface area (Å²) in [6.45, 7) is 5.05. The molecule has 2 aromatic carbocycles. The van der Waals surface area contributed by atoms with Crippen LogP contribution in [0.1, 0.15) is 52.7 Å². The molecular formula is C19H20O2S. The van der Waals surface area contributed by atoms with Gasteiger partial charge in [-0.05, 0) is 41.2 Å². The van der Waals surface area contributed by atoms with Gasteiger partial charge in [-0.2, -0.15) is 0 Å². The van der Waals surface area contributed by atoms with Gasteiger partial charge >= 0.3 is 0 Å². The summed E-state index contributed by atoms with van der Waals surface area (Å²) in [7, 11) is 0. The summed E-state index contributed by atoms with van der Waals surface area (Å²) in [5.74, 6) is 1.78. The Morgan fingerprint density at radius 1 is 1.23 bits per heavy atom. The Balaban J connectivity index is 1.88. The second-order valence-electron chi connectivity index (χ2n) is 6.16. The second-order valence-corrected chi connectivity index (χ2v) is 6.57. The van der Waals surface area contributed by atoms with Crippen molar-refractivity contribution in [1.82, 2.24) is 0 Å². The molecule has 1 aliphatic heterocycles.